The summed E-state index contributed by atoms with van der Waals surface area (Å²) in [6.45, 7) is 6.11. The highest BCUT2D eigenvalue weighted by Crippen LogP contribution is 2.22. The summed E-state index contributed by atoms with van der Waals surface area (Å²) in [4.78, 5) is 18.4. The van der Waals surface area contributed by atoms with Crippen molar-refractivity contribution in [2.24, 2.45) is 0 Å². The van der Waals surface area contributed by atoms with E-state index in [4.69, 9.17) is 0 Å². The van der Waals surface area contributed by atoms with Gasteiger partial charge in [-0.2, -0.15) is 0 Å². The second-order valence-electron chi connectivity index (χ2n) is 4.50. The second-order valence-corrected chi connectivity index (χ2v) is 5.75. The van der Waals surface area contributed by atoms with Gasteiger partial charge in [-0.3, -0.25) is 9.78 Å². The number of aryl methyl sites for hydroxylation is 2. The Kier molecular flexibility index (Phi) is 4.32. The Bertz CT molecular complexity index is 563. The van der Waals surface area contributed by atoms with E-state index in [1.54, 1.807) is 17.5 Å². The molecule has 0 aliphatic rings. The van der Waals surface area contributed by atoms with Crippen molar-refractivity contribution in [3.05, 3.63) is 51.5 Å². The molecule has 2 heterocycles. The number of pyridine rings is 1. The largest absolute Gasteiger partial charge is 0.343 e. The van der Waals surface area contributed by atoms with Gasteiger partial charge >= 0.3 is 0 Å². The lowest BCUT2D eigenvalue weighted by molar-refractivity contribution is 0.0943. The fourth-order valence-corrected chi connectivity index (χ4v) is 2.97. The molecule has 0 fully saturated rings. The van der Waals surface area contributed by atoms with E-state index >= 15 is 0 Å². The summed E-state index contributed by atoms with van der Waals surface area (Å²) in [5.74, 6) is -0.0223. The summed E-state index contributed by atoms with van der Waals surface area (Å²) in [5.41, 5.74) is 2.13. The van der Waals surface area contributed by atoms with Crippen LogP contribution in [0.1, 0.15) is 45.7 Å². The first-order valence-corrected chi connectivity index (χ1v) is 7.24. The van der Waals surface area contributed by atoms with Gasteiger partial charge in [0, 0.05) is 11.1 Å². The molecule has 0 aromatic carbocycles. The lowest BCUT2D eigenvalue weighted by Crippen LogP contribution is -2.26. The van der Waals surface area contributed by atoms with Crippen molar-refractivity contribution in [1.29, 1.82) is 0 Å². The molecule has 4 heteroatoms. The van der Waals surface area contributed by atoms with E-state index < -0.39 is 0 Å². The summed E-state index contributed by atoms with van der Waals surface area (Å²) in [5, 5.41) is 2.99. The van der Waals surface area contributed by atoms with Gasteiger partial charge in [0.15, 0.2) is 0 Å². The number of nitrogens with zero attached hydrogens (tertiary/aromatic N) is 1. The highest BCUT2D eigenvalue weighted by Gasteiger charge is 2.15. The number of rotatable bonds is 4. The molecule has 1 amide bonds. The molecule has 0 aliphatic heterocycles. The van der Waals surface area contributed by atoms with Gasteiger partial charge in [-0.1, -0.05) is 13.0 Å². The van der Waals surface area contributed by atoms with E-state index in [2.05, 4.69) is 24.1 Å². The van der Waals surface area contributed by atoms with Gasteiger partial charge in [0.2, 0.25) is 0 Å². The number of amides is 1. The van der Waals surface area contributed by atoms with Crippen molar-refractivity contribution in [3.8, 4) is 0 Å². The van der Waals surface area contributed by atoms with Gasteiger partial charge in [-0.15, -0.1) is 11.3 Å². The molecule has 1 unspecified atom stereocenters. The fraction of sp³-hybridized carbons (Fsp3) is 0.333. The molecule has 2 aromatic heterocycles. The van der Waals surface area contributed by atoms with E-state index in [1.165, 1.54) is 10.4 Å². The van der Waals surface area contributed by atoms with Crippen LogP contribution in [-0.2, 0) is 6.42 Å². The third-order valence-corrected chi connectivity index (χ3v) is 4.20. The first kappa shape index (κ1) is 13.7. The molecule has 0 spiro atoms. The normalized spacial score (nSPS) is 12.2. The Balaban J connectivity index is 2.08. The number of hydrogen-bond acceptors (Lipinski definition) is 3. The lowest BCUT2D eigenvalue weighted by Gasteiger charge is -2.12. The average Bonchev–Trinajstić information content (AvgIpc) is 2.81. The van der Waals surface area contributed by atoms with Gasteiger partial charge in [0.25, 0.3) is 5.91 Å². The molecule has 1 N–H and O–H groups in total. The summed E-state index contributed by atoms with van der Waals surface area (Å²) < 4.78 is 0. The van der Waals surface area contributed by atoms with Gasteiger partial charge < -0.3 is 5.32 Å². The van der Waals surface area contributed by atoms with Crippen LogP contribution in [0.15, 0.2) is 30.5 Å². The minimum atomic E-state index is -0.0822. The first-order chi connectivity index (χ1) is 9.11. The van der Waals surface area contributed by atoms with Crippen LogP contribution >= 0.6 is 11.3 Å². The highest BCUT2D eigenvalue weighted by atomic mass is 32.1. The van der Waals surface area contributed by atoms with Gasteiger partial charge in [-0.25, -0.2) is 0 Å². The smallest absolute Gasteiger partial charge is 0.261 e. The molecular formula is C15H18N2OS. The van der Waals surface area contributed by atoms with Crippen LogP contribution in [-0.4, -0.2) is 10.9 Å². The first-order valence-electron chi connectivity index (χ1n) is 6.43. The molecule has 0 aliphatic carbocycles. The van der Waals surface area contributed by atoms with Crippen LogP contribution in [0, 0.1) is 6.92 Å². The van der Waals surface area contributed by atoms with Gasteiger partial charge in [0.05, 0.1) is 16.6 Å². The fourth-order valence-electron chi connectivity index (χ4n) is 1.96. The van der Waals surface area contributed by atoms with Crippen molar-refractivity contribution in [2.75, 3.05) is 0 Å². The van der Waals surface area contributed by atoms with Gasteiger partial charge in [-0.05, 0) is 44.0 Å². The minimum absolute atomic E-state index is 0.0223. The molecular weight excluding hydrogens is 256 g/mol. The van der Waals surface area contributed by atoms with Crippen molar-refractivity contribution in [1.82, 2.24) is 10.3 Å². The highest BCUT2D eigenvalue weighted by molar-refractivity contribution is 7.14. The van der Waals surface area contributed by atoms with E-state index in [9.17, 15) is 4.79 Å². The third-order valence-electron chi connectivity index (χ3n) is 3.10. The maximum atomic E-state index is 12.2. The summed E-state index contributed by atoms with van der Waals surface area (Å²) in [7, 11) is 0. The van der Waals surface area contributed by atoms with Crippen LogP contribution < -0.4 is 5.32 Å². The van der Waals surface area contributed by atoms with Crippen LogP contribution in [0.3, 0.4) is 0 Å². The predicted molar refractivity (Wildman–Crippen MR) is 78.6 cm³/mol. The minimum Gasteiger partial charge on any atom is -0.343 e. The Morgan fingerprint density at radius 3 is 2.84 bits per heavy atom. The Morgan fingerprint density at radius 2 is 2.26 bits per heavy atom. The topological polar surface area (TPSA) is 42.0 Å². The van der Waals surface area contributed by atoms with Crippen molar-refractivity contribution in [3.63, 3.8) is 0 Å². The van der Waals surface area contributed by atoms with Crippen LogP contribution in [0.5, 0.6) is 0 Å². The molecule has 100 valence electrons. The maximum Gasteiger partial charge on any atom is 0.261 e. The lowest BCUT2D eigenvalue weighted by atomic mass is 10.2. The third kappa shape index (κ3) is 3.20. The van der Waals surface area contributed by atoms with E-state index in [0.29, 0.717) is 0 Å². The van der Waals surface area contributed by atoms with Crippen LogP contribution in [0.25, 0.3) is 0 Å². The Labute approximate surface area is 117 Å². The Morgan fingerprint density at radius 1 is 1.47 bits per heavy atom. The summed E-state index contributed by atoms with van der Waals surface area (Å²) in [6.07, 6.45) is 2.70. The van der Waals surface area contributed by atoms with E-state index in [0.717, 1.165) is 17.0 Å². The quantitative estimate of drug-likeness (QED) is 0.927. The summed E-state index contributed by atoms with van der Waals surface area (Å²) in [6, 6.07) is 7.62. The number of carbonyl (C=O) groups is 1. The summed E-state index contributed by atoms with van der Waals surface area (Å²) >= 11 is 1.55. The molecule has 0 saturated heterocycles. The second kappa shape index (κ2) is 5.97. The Hall–Kier alpha value is -1.68. The molecule has 19 heavy (non-hydrogen) atoms. The molecule has 2 rings (SSSR count). The standard InChI is InChI=1S/C15H18N2OS/c1-4-12-9-14(19-11(12)3)15(18)17-10(2)13-7-5-6-8-16-13/h5-10H,4H2,1-3H3,(H,17,18). The predicted octanol–water partition coefficient (Wildman–Crippen LogP) is 3.50. The number of hydrogen-bond donors (Lipinski definition) is 1. The van der Waals surface area contributed by atoms with Crippen molar-refractivity contribution in [2.45, 2.75) is 33.2 Å². The van der Waals surface area contributed by atoms with E-state index in [-0.39, 0.29) is 11.9 Å². The number of nitrogens with one attached hydrogen (secondary N) is 1. The maximum absolute atomic E-state index is 12.2. The van der Waals surface area contributed by atoms with Crippen molar-refractivity contribution < 1.29 is 4.79 Å². The van der Waals surface area contributed by atoms with Crippen molar-refractivity contribution >= 4 is 17.2 Å². The zero-order valence-electron chi connectivity index (χ0n) is 11.4. The SMILES string of the molecule is CCc1cc(C(=O)NC(C)c2ccccn2)sc1C. The number of carbonyl (C=O) groups excluding carboxylic acids is 1. The molecule has 3 nitrogen and oxygen atoms in total. The zero-order valence-corrected chi connectivity index (χ0v) is 12.3. The van der Waals surface area contributed by atoms with Crippen LogP contribution in [0.2, 0.25) is 0 Å². The molecule has 1 atom stereocenters. The molecule has 0 radical (unpaired) electrons. The monoisotopic (exact) mass is 274 g/mol. The van der Waals surface area contributed by atoms with Crippen LogP contribution in [0.4, 0.5) is 0 Å². The average molecular weight is 274 g/mol. The number of thiophene rings is 1. The van der Waals surface area contributed by atoms with E-state index in [1.807, 2.05) is 31.2 Å². The molecule has 0 saturated carbocycles. The molecule has 2 aromatic rings. The van der Waals surface area contributed by atoms with Gasteiger partial charge in [0.1, 0.15) is 0 Å². The molecule has 0 bridgehead atoms. The zero-order chi connectivity index (χ0) is 13.8. The number of aromatic nitrogens is 1.